The van der Waals surface area contributed by atoms with Crippen molar-refractivity contribution in [3.8, 4) is 22.9 Å². The number of methoxy groups -OCH3 is 1. The molecule has 5 rings (SSSR count). The summed E-state index contributed by atoms with van der Waals surface area (Å²) >= 11 is 0. The van der Waals surface area contributed by atoms with Crippen LogP contribution in [0.2, 0.25) is 0 Å². The van der Waals surface area contributed by atoms with Gasteiger partial charge in [0.05, 0.1) is 48.0 Å². The van der Waals surface area contributed by atoms with Crippen molar-refractivity contribution in [1.82, 2.24) is 15.1 Å². The Morgan fingerprint density at radius 2 is 1.82 bits per heavy atom. The number of nitriles is 1. The van der Waals surface area contributed by atoms with Crippen molar-refractivity contribution >= 4 is 22.8 Å². The topological polar surface area (TPSA) is 117 Å². The van der Waals surface area contributed by atoms with Crippen LogP contribution in [0.5, 0.6) is 5.75 Å². The summed E-state index contributed by atoms with van der Waals surface area (Å²) in [5, 5.41) is 27.2. The first-order chi connectivity index (χ1) is 18.9. The number of carbonyl (C=O) groups is 2. The monoisotopic (exact) mass is 522 g/mol. The van der Waals surface area contributed by atoms with E-state index in [0.717, 1.165) is 27.6 Å². The van der Waals surface area contributed by atoms with Crippen LogP contribution in [0.15, 0.2) is 66.9 Å². The van der Waals surface area contributed by atoms with E-state index in [1.165, 1.54) is 0 Å². The Balaban J connectivity index is 1.39. The van der Waals surface area contributed by atoms with E-state index >= 15 is 0 Å². The molecule has 1 atom stereocenters. The number of ether oxygens (including phenoxy) is 1. The Kier molecular flexibility index (Phi) is 7.33. The van der Waals surface area contributed by atoms with Crippen molar-refractivity contribution < 1.29 is 19.4 Å². The molecule has 3 aromatic carbocycles. The number of fused-ring (bicyclic) bond motifs is 1. The Hall–Kier alpha value is -4.64. The molecule has 0 radical (unpaired) electrons. The summed E-state index contributed by atoms with van der Waals surface area (Å²) in [6.07, 6.45) is 4.23. The number of amides is 1. The van der Waals surface area contributed by atoms with Crippen LogP contribution < -0.4 is 10.1 Å². The normalized spacial score (nSPS) is 17.8. The van der Waals surface area contributed by atoms with Gasteiger partial charge in [-0.1, -0.05) is 36.4 Å². The summed E-state index contributed by atoms with van der Waals surface area (Å²) < 4.78 is 7.22. The number of hydrogen-bond donors (Lipinski definition) is 2. The van der Waals surface area contributed by atoms with Crippen LogP contribution in [0.1, 0.15) is 60.1 Å². The van der Waals surface area contributed by atoms with Crippen molar-refractivity contribution in [2.75, 3.05) is 7.11 Å². The van der Waals surface area contributed by atoms with Gasteiger partial charge in [-0.15, -0.1) is 0 Å². The van der Waals surface area contributed by atoms with Gasteiger partial charge in [-0.25, -0.2) is 0 Å². The third-order valence-electron chi connectivity index (χ3n) is 7.64. The number of carboxylic acids is 1. The zero-order valence-electron chi connectivity index (χ0n) is 21.9. The molecule has 0 bridgehead atoms. The first kappa shape index (κ1) is 26.0. The molecule has 0 aliphatic heterocycles. The molecule has 0 saturated heterocycles. The molecule has 1 aromatic heterocycles. The van der Waals surface area contributed by atoms with Gasteiger partial charge in [-0.3, -0.25) is 14.3 Å². The molecular weight excluding hydrogens is 492 g/mol. The van der Waals surface area contributed by atoms with E-state index in [1.54, 1.807) is 19.4 Å². The van der Waals surface area contributed by atoms with Crippen LogP contribution in [0.4, 0.5) is 0 Å². The number of rotatable bonds is 7. The van der Waals surface area contributed by atoms with E-state index in [0.29, 0.717) is 42.6 Å². The van der Waals surface area contributed by atoms with Crippen LogP contribution in [-0.4, -0.2) is 39.9 Å². The van der Waals surface area contributed by atoms with Crippen LogP contribution in [0, 0.1) is 17.2 Å². The molecule has 0 spiro atoms. The highest BCUT2D eigenvalue weighted by molar-refractivity contribution is 6.05. The summed E-state index contributed by atoms with van der Waals surface area (Å²) in [5.41, 5.74) is 4.72. The fourth-order valence-corrected chi connectivity index (χ4v) is 5.37. The van der Waals surface area contributed by atoms with Gasteiger partial charge < -0.3 is 15.2 Å². The second-order valence-corrected chi connectivity index (χ2v) is 10.1. The lowest BCUT2D eigenvalue weighted by molar-refractivity contribution is -0.142. The van der Waals surface area contributed by atoms with Gasteiger partial charge in [0.25, 0.3) is 5.91 Å². The van der Waals surface area contributed by atoms with Gasteiger partial charge in [0.1, 0.15) is 5.75 Å². The summed E-state index contributed by atoms with van der Waals surface area (Å²) in [4.78, 5) is 24.6. The van der Waals surface area contributed by atoms with E-state index in [1.807, 2.05) is 66.2 Å². The first-order valence-electron chi connectivity index (χ1n) is 13.1. The molecule has 8 heteroatoms. The minimum Gasteiger partial charge on any atom is -0.497 e. The quantitative estimate of drug-likeness (QED) is 0.328. The average molecular weight is 523 g/mol. The van der Waals surface area contributed by atoms with Crippen LogP contribution in [-0.2, 0) is 4.79 Å². The molecule has 1 aliphatic rings. The Morgan fingerprint density at radius 3 is 2.49 bits per heavy atom. The van der Waals surface area contributed by atoms with E-state index in [2.05, 4.69) is 16.5 Å². The number of carboxylic acid groups (broad SMARTS) is 1. The van der Waals surface area contributed by atoms with Crippen molar-refractivity contribution in [3.05, 3.63) is 83.6 Å². The third kappa shape index (κ3) is 5.34. The predicted molar refractivity (Wildman–Crippen MR) is 148 cm³/mol. The first-order valence-corrected chi connectivity index (χ1v) is 13.1. The Labute approximate surface area is 226 Å². The lowest BCUT2D eigenvalue weighted by Crippen LogP contribution is -2.38. The number of aliphatic carboxylic acids is 1. The standard InChI is InChI=1S/C31H30N4O4/c1-19(21-6-8-22(9-7-21)25-14-20(17-32)15-27(16-25)39-2)35-29-24(18-33-35)4-3-5-28(29)30(36)34-26-12-10-23(11-13-26)31(37)38/h3-9,14-16,18-19,23,26H,10-13H2,1-2H3,(H,34,36)(H,37,38). The van der Waals surface area contributed by atoms with E-state index in [9.17, 15) is 20.0 Å². The van der Waals surface area contributed by atoms with Gasteiger partial charge in [0.15, 0.2) is 0 Å². The zero-order valence-corrected chi connectivity index (χ0v) is 21.9. The molecule has 1 unspecified atom stereocenters. The highest BCUT2D eigenvalue weighted by Crippen LogP contribution is 2.30. The maximum Gasteiger partial charge on any atom is 0.306 e. The minimum absolute atomic E-state index is 0.0390. The van der Waals surface area contributed by atoms with Crippen LogP contribution in [0.25, 0.3) is 22.0 Å². The number of carbonyl (C=O) groups excluding carboxylic acids is 1. The molecular formula is C31H30N4O4. The molecule has 1 amide bonds. The molecule has 2 N–H and O–H groups in total. The van der Waals surface area contributed by atoms with Gasteiger partial charge in [0.2, 0.25) is 0 Å². The molecule has 39 heavy (non-hydrogen) atoms. The highest BCUT2D eigenvalue weighted by atomic mass is 16.5. The van der Waals surface area contributed by atoms with E-state index < -0.39 is 5.97 Å². The largest absolute Gasteiger partial charge is 0.497 e. The summed E-state index contributed by atoms with van der Waals surface area (Å²) in [6, 6.07) is 21.1. The van der Waals surface area contributed by atoms with Gasteiger partial charge in [-0.2, -0.15) is 10.4 Å². The maximum atomic E-state index is 13.4. The Bertz CT molecular complexity index is 1560. The molecule has 198 valence electrons. The van der Waals surface area contributed by atoms with E-state index in [4.69, 9.17) is 4.74 Å². The number of aromatic nitrogens is 2. The highest BCUT2D eigenvalue weighted by Gasteiger charge is 2.28. The zero-order chi connectivity index (χ0) is 27.5. The van der Waals surface area contributed by atoms with Crippen molar-refractivity contribution in [3.63, 3.8) is 0 Å². The SMILES string of the molecule is COc1cc(C#N)cc(-c2ccc(C(C)n3ncc4cccc(C(=O)NC5CCC(C(=O)O)CC5)c43)cc2)c1. The van der Waals surface area contributed by atoms with Crippen LogP contribution in [0.3, 0.4) is 0 Å². The number of nitrogens with one attached hydrogen (secondary N) is 1. The van der Waals surface area contributed by atoms with Gasteiger partial charge in [-0.05, 0) is 73.6 Å². The average Bonchev–Trinajstić information content (AvgIpc) is 3.41. The summed E-state index contributed by atoms with van der Waals surface area (Å²) in [7, 11) is 1.58. The fraction of sp³-hybridized carbons (Fsp3) is 0.290. The summed E-state index contributed by atoms with van der Waals surface area (Å²) in [5.74, 6) is -0.626. The Morgan fingerprint density at radius 1 is 1.08 bits per heavy atom. The van der Waals surface area contributed by atoms with Crippen LogP contribution >= 0.6 is 0 Å². The molecule has 8 nitrogen and oxygen atoms in total. The molecule has 1 fully saturated rings. The van der Waals surface area contributed by atoms with Gasteiger partial charge >= 0.3 is 5.97 Å². The lowest BCUT2D eigenvalue weighted by Gasteiger charge is -2.27. The van der Waals surface area contributed by atoms with Gasteiger partial charge in [0, 0.05) is 11.4 Å². The summed E-state index contributed by atoms with van der Waals surface area (Å²) in [6.45, 7) is 2.04. The van der Waals surface area contributed by atoms with E-state index in [-0.39, 0.29) is 23.9 Å². The predicted octanol–water partition coefficient (Wildman–Crippen LogP) is 5.57. The molecule has 4 aromatic rings. The minimum atomic E-state index is -0.758. The maximum absolute atomic E-state index is 13.4. The van der Waals surface area contributed by atoms with Crippen molar-refractivity contribution in [1.29, 1.82) is 5.26 Å². The second kappa shape index (κ2) is 11.0. The number of hydrogen-bond acceptors (Lipinski definition) is 5. The third-order valence-corrected chi connectivity index (χ3v) is 7.64. The number of benzene rings is 3. The number of nitrogens with zero attached hydrogens (tertiary/aromatic N) is 3. The number of para-hydroxylation sites is 1. The second-order valence-electron chi connectivity index (χ2n) is 10.1. The molecule has 1 aliphatic carbocycles. The van der Waals surface area contributed by atoms with Crippen molar-refractivity contribution in [2.45, 2.75) is 44.7 Å². The molecule has 1 saturated carbocycles. The lowest BCUT2D eigenvalue weighted by atomic mass is 9.86. The van der Waals surface area contributed by atoms with Crippen molar-refractivity contribution in [2.24, 2.45) is 5.92 Å². The molecule has 1 heterocycles. The smallest absolute Gasteiger partial charge is 0.306 e. The fourth-order valence-electron chi connectivity index (χ4n) is 5.37.